The van der Waals surface area contributed by atoms with Crippen LogP contribution in [0.4, 0.5) is 11.4 Å². The van der Waals surface area contributed by atoms with E-state index in [0.717, 1.165) is 22.2 Å². The predicted octanol–water partition coefficient (Wildman–Crippen LogP) is 5.43. The van der Waals surface area contributed by atoms with Crippen molar-refractivity contribution in [2.45, 2.75) is 13.3 Å². The molecule has 29 heavy (non-hydrogen) atoms. The highest BCUT2D eigenvalue weighted by Crippen LogP contribution is 2.37. The summed E-state index contributed by atoms with van der Waals surface area (Å²) in [6, 6.07) is 9.01. The van der Waals surface area contributed by atoms with Crippen LogP contribution in [-0.4, -0.2) is 30.4 Å². The molecule has 0 aliphatic rings. The Hall–Kier alpha value is -2.65. The van der Waals surface area contributed by atoms with Gasteiger partial charge in [-0.05, 0) is 31.2 Å². The van der Waals surface area contributed by atoms with Gasteiger partial charge in [-0.25, -0.2) is 0 Å². The summed E-state index contributed by atoms with van der Waals surface area (Å²) >= 11 is 12.5. The average molecular weight is 431 g/mol. The SMILES string of the molecule is CCOc1cc2c(Nc3cc(OC)c(Cl)cc3Cl)ccnc2cc1C#CCCO. The minimum Gasteiger partial charge on any atom is -0.495 e. The van der Waals surface area contributed by atoms with Gasteiger partial charge in [0.2, 0.25) is 0 Å². The fraction of sp³-hybridized carbons (Fsp3) is 0.227. The number of hydrogen-bond donors (Lipinski definition) is 2. The molecular weight excluding hydrogens is 411 g/mol. The maximum absolute atomic E-state index is 8.96. The molecule has 0 aliphatic heterocycles. The van der Waals surface area contributed by atoms with E-state index in [-0.39, 0.29) is 6.61 Å². The van der Waals surface area contributed by atoms with Crippen LogP contribution in [0.1, 0.15) is 18.9 Å². The van der Waals surface area contributed by atoms with Gasteiger partial charge in [0.15, 0.2) is 0 Å². The van der Waals surface area contributed by atoms with E-state index in [1.807, 2.05) is 25.1 Å². The first-order chi connectivity index (χ1) is 14.1. The van der Waals surface area contributed by atoms with Crippen LogP contribution in [0.15, 0.2) is 36.5 Å². The van der Waals surface area contributed by atoms with E-state index in [0.29, 0.717) is 40.3 Å². The number of rotatable bonds is 6. The quantitative estimate of drug-likeness (QED) is 0.510. The molecule has 7 heteroatoms. The molecule has 2 aromatic carbocycles. The Morgan fingerprint density at radius 1 is 1.10 bits per heavy atom. The molecule has 0 unspecified atom stereocenters. The van der Waals surface area contributed by atoms with Crippen molar-refractivity contribution in [1.29, 1.82) is 0 Å². The third-order valence-electron chi connectivity index (χ3n) is 4.11. The Morgan fingerprint density at radius 3 is 2.66 bits per heavy atom. The van der Waals surface area contributed by atoms with Gasteiger partial charge < -0.3 is 19.9 Å². The van der Waals surface area contributed by atoms with E-state index in [4.69, 9.17) is 37.8 Å². The number of aliphatic hydroxyl groups excluding tert-OH is 1. The number of fused-ring (bicyclic) bond motifs is 1. The zero-order valence-electron chi connectivity index (χ0n) is 16.1. The summed E-state index contributed by atoms with van der Waals surface area (Å²) < 4.78 is 11.1. The normalized spacial score (nSPS) is 10.4. The van der Waals surface area contributed by atoms with Crippen LogP contribution >= 0.6 is 23.2 Å². The van der Waals surface area contributed by atoms with Crippen molar-refractivity contribution < 1.29 is 14.6 Å². The highest BCUT2D eigenvalue weighted by molar-refractivity contribution is 6.37. The lowest BCUT2D eigenvalue weighted by Gasteiger charge is -2.14. The first-order valence-corrected chi connectivity index (χ1v) is 9.78. The number of anilines is 2. The Labute approximate surface area is 179 Å². The molecule has 2 N–H and O–H groups in total. The van der Waals surface area contributed by atoms with Crippen molar-refractivity contribution in [2.24, 2.45) is 0 Å². The third kappa shape index (κ3) is 4.86. The number of aliphatic hydroxyl groups is 1. The van der Waals surface area contributed by atoms with E-state index < -0.39 is 0 Å². The predicted molar refractivity (Wildman–Crippen MR) is 118 cm³/mol. The molecule has 3 aromatic rings. The van der Waals surface area contributed by atoms with Crippen LogP contribution in [-0.2, 0) is 0 Å². The van der Waals surface area contributed by atoms with Crippen LogP contribution in [0.5, 0.6) is 11.5 Å². The molecule has 0 aliphatic carbocycles. The second-order valence-electron chi connectivity index (χ2n) is 6.02. The molecule has 0 atom stereocenters. The Balaban J connectivity index is 2.08. The monoisotopic (exact) mass is 430 g/mol. The molecule has 1 aromatic heterocycles. The number of hydrogen-bond acceptors (Lipinski definition) is 5. The largest absolute Gasteiger partial charge is 0.495 e. The van der Waals surface area contributed by atoms with Crippen molar-refractivity contribution in [1.82, 2.24) is 4.98 Å². The molecule has 0 saturated carbocycles. The molecular formula is C22H20Cl2N2O3. The van der Waals surface area contributed by atoms with Crippen LogP contribution in [0.25, 0.3) is 10.9 Å². The molecule has 3 rings (SSSR count). The van der Waals surface area contributed by atoms with Gasteiger partial charge in [-0.15, -0.1) is 0 Å². The summed E-state index contributed by atoms with van der Waals surface area (Å²) in [5, 5.41) is 14.0. The van der Waals surface area contributed by atoms with E-state index in [1.54, 1.807) is 25.4 Å². The summed E-state index contributed by atoms with van der Waals surface area (Å²) in [6.07, 6.45) is 2.10. The molecule has 0 fully saturated rings. The lowest BCUT2D eigenvalue weighted by molar-refractivity contribution is 0.305. The fourth-order valence-corrected chi connectivity index (χ4v) is 3.30. The first-order valence-electron chi connectivity index (χ1n) is 9.02. The summed E-state index contributed by atoms with van der Waals surface area (Å²) in [4.78, 5) is 4.45. The summed E-state index contributed by atoms with van der Waals surface area (Å²) in [6.45, 7) is 2.43. The minimum absolute atomic E-state index is 0.0161. The number of pyridine rings is 1. The van der Waals surface area contributed by atoms with Crippen molar-refractivity contribution >= 4 is 45.5 Å². The number of benzene rings is 2. The average Bonchev–Trinajstić information content (AvgIpc) is 2.71. The maximum Gasteiger partial charge on any atom is 0.139 e. The summed E-state index contributed by atoms with van der Waals surface area (Å²) in [5.41, 5.74) is 2.94. The lowest BCUT2D eigenvalue weighted by Crippen LogP contribution is -1.98. The van der Waals surface area contributed by atoms with Crippen LogP contribution in [0.3, 0.4) is 0 Å². The second kappa shape index (κ2) is 9.71. The lowest BCUT2D eigenvalue weighted by atomic mass is 10.1. The van der Waals surface area contributed by atoms with Crippen molar-refractivity contribution in [3.05, 3.63) is 52.1 Å². The zero-order valence-corrected chi connectivity index (χ0v) is 17.6. The highest BCUT2D eigenvalue weighted by atomic mass is 35.5. The number of halogens is 2. The van der Waals surface area contributed by atoms with Crippen molar-refractivity contribution in [3.8, 4) is 23.3 Å². The molecule has 0 saturated heterocycles. The molecule has 1 heterocycles. The van der Waals surface area contributed by atoms with Gasteiger partial charge in [-0.3, -0.25) is 4.98 Å². The van der Waals surface area contributed by atoms with E-state index in [1.165, 1.54) is 0 Å². The van der Waals surface area contributed by atoms with Crippen LogP contribution in [0.2, 0.25) is 10.0 Å². The van der Waals surface area contributed by atoms with E-state index in [2.05, 4.69) is 22.1 Å². The molecule has 0 radical (unpaired) electrons. The van der Waals surface area contributed by atoms with Gasteiger partial charge in [0.1, 0.15) is 11.5 Å². The first kappa shape index (κ1) is 21.1. The molecule has 0 spiro atoms. The minimum atomic E-state index is 0.0161. The van der Waals surface area contributed by atoms with Gasteiger partial charge >= 0.3 is 0 Å². The topological polar surface area (TPSA) is 63.6 Å². The number of aromatic nitrogens is 1. The Kier molecular flexibility index (Phi) is 7.05. The van der Waals surface area contributed by atoms with Crippen LogP contribution in [0, 0.1) is 11.8 Å². The van der Waals surface area contributed by atoms with Gasteiger partial charge in [-0.1, -0.05) is 35.0 Å². The van der Waals surface area contributed by atoms with Gasteiger partial charge in [0.05, 0.1) is 47.1 Å². The number of ether oxygens (including phenoxy) is 2. The van der Waals surface area contributed by atoms with E-state index >= 15 is 0 Å². The smallest absolute Gasteiger partial charge is 0.139 e. The molecule has 0 amide bonds. The van der Waals surface area contributed by atoms with Crippen molar-refractivity contribution in [3.63, 3.8) is 0 Å². The maximum atomic E-state index is 8.96. The number of nitrogens with zero attached hydrogens (tertiary/aromatic N) is 1. The molecule has 150 valence electrons. The fourth-order valence-electron chi connectivity index (χ4n) is 2.79. The number of methoxy groups -OCH3 is 1. The molecule has 0 bridgehead atoms. The molecule has 5 nitrogen and oxygen atoms in total. The third-order valence-corrected chi connectivity index (χ3v) is 4.72. The summed E-state index contributed by atoms with van der Waals surface area (Å²) in [7, 11) is 1.55. The Bertz CT molecular complexity index is 1090. The van der Waals surface area contributed by atoms with E-state index in [9.17, 15) is 0 Å². The van der Waals surface area contributed by atoms with Gasteiger partial charge in [-0.2, -0.15) is 0 Å². The van der Waals surface area contributed by atoms with Gasteiger partial charge in [0, 0.05) is 29.8 Å². The Morgan fingerprint density at radius 2 is 1.93 bits per heavy atom. The van der Waals surface area contributed by atoms with Crippen molar-refractivity contribution in [2.75, 3.05) is 25.6 Å². The number of nitrogens with one attached hydrogen (secondary N) is 1. The summed E-state index contributed by atoms with van der Waals surface area (Å²) in [5.74, 6) is 7.15. The van der Waals surface area contributed by atoms with Crippen LogP contribution < -0.4 is 14.8 Å². The standard InChI is InChI=1S/C22H20Cl2N2O3/c1-3-29-21-11-15-18(26-20-13-22(28-2)17(24)12-16(20)23)7-8-25-19(15)10-14(21)6-4-5-9-27/h7-8,10-13,27H,3,5,9H2,1-2H3,(H,25,26). The highest BCUT2D eigenvalue weighted by Gasteiger charge is 2.12. The second-order valence-corrected chi connectivity index (χ2v) is 6.84. The van der Waals surface area contributed by atoms with Gasteiger partial charge in [0.25, 0.3) is 0 Å². The zero-order chi connectivity index (χ0) is 20.8.